The van der Waals surface area contributed by atoms with Gasteiger partial charge in [0.05, 0.1) is 13.1 Å². The Morgan fingerprint density at radius 2 is 1.96 bits per heavy atom. The van der Waals surface area contributed by atoms with Gasteiger partial charge in [-0.2, -0.15) is 13.2 Å². The van der Waals surface area contributed by atoms with Gasteiger partial charge in [0, 0.05) is 17.1 Å². The summed E-state index contributed by atoms with van der Waals surface area (Å²) in [6, 6.07) is 6.29. The molecule has 0 radical (unpaired) electrons. The van der Waals surface area contributed by atoms with Crippen LogP contribution in [0.25, 0.3) is 0 Å². The highest BCUT2D eigenvalue weighted by Crippen LogP contribution is 2.15. The maximum atomic E-state index is 12.1. The van der Waals surface area contributed by atoms with Crippen LogP contribution < -0.4 is 10.6 Å². The van der Waals surface area contributed by atoms with E-state index < -0.39 is 24.5 Å². The van der Waals surface area contributed by atoms with Crippen molar-refractivity contribution in [2.45, 2.75) is 12.6 Å². The molecule has 0 fully saturated rings. The van der Waals surface area contributed by atoms with Crippen LogP contribution in [-0.4, -0.2) is 56.1 Å². The number of halogens is 4. The maximum absolute atomic E-state index is 12.1. The van der Waals surface area contributed by atoms with E-state index in [9.17, 15) is 22.8 Å². The van der Waals surface area contributed by atoms with Crippen LogP contribution in [0.5, 0.6) is 0 Å². The second-order valence-corrected chi connectivity index (χ2v) is 5.69. The number of nitrogens with one attached hydrogen (secondary N) is 2. The van der Waals surface area contributed by atoms with Crippen molar-refractivity contribution in [3.8, 4) is 0 Å². The molecule has 1 rings (SSSR count). The predicted octanol–water partition coefficient (Wildman–Crippen LogP) is 2.07. The summed E-state index contributed by atoms with van der Waals surface area (Å²) in [4.78, 5) is 24.5. The summed E-state index contributed by atoms with van der Waals surface area (Å²) in [6.45, 7) is -0.775. The Kier molecular flexibility index (Phi) is 8.00. The Hall–Kier alpha value is -1.80. The van der Waals surface area contributed by atoms with Gasteiger partial charge in [-0.25, -0.2) is 0 Å². The molecule has 0 aliphatic heterocycles. The van der Waals surface area contributed by atoms with Gasteiger partial charge in [0.1, 0.15) is 0 Å². The van der Waals surface area contributed by atoms with E-state index in [-0.39, 0.29) is 19.6 Å². The van der Waals surface area contributed by atoms with Gasteiger partial charge in [0.15, 0.2) is 0 Å². The molecule has 134 valence electrons. The molecule has 0 spiro atoms. The molecule has 0 atom stereocenters. The second kappa shape index (κ2) is 9.48. The van der Waals surface area contributed by atoms with Gasteiger partial charge in [0.2, 0.25) is 5.91 Å². The summed E-state index contributed by atoms with van der Waals surface area (Å²) in [5.41, 5.74) is 0.337. The van der Waals surface area contributed by atoms with E-state index in [1.807, 2.05) is 0 Å². The fraction of sp³-hybridized carbons (Fsp3) is 0.467. The normalized spacial score (nSPS) is 11.4. The van der Waals surface area contributed by atoms with Crippen molar-refractivity contribution in [2.75, 3.05) is 33.2 Å². The predicted molar refractivity (Wildman–Crippen MR) is 85.0 cm³/mol. The number of rotatable bonds is 8. The lowest BCUT2D eigenvalue weighted by atomic mass is 10.2. The van der Waals surface area contributed by atoms with Gasteiger partial charge in [-0.15, -0.1) is 0 Å². The second-order valence-electron chi connectivity index (χ2n) is 5.25. The Labute approximate surface area is 143 Å². The minimum atomic E-state index is -4.23. The summed E-state index contributed by atoms with van der Waals surface area (Å²) >= 11 is 5.77. The van der Waals surface area contributed by atoms with Crippen LogP contribution in [0.4, 0.5) is 13.2 Å². The lowest BCUT2D eigenvalue weighted by Crippen LogP contribution is -2.38. The molecule has 0 heterocycles. The third-order valence-corrected chi connectivity index (χ3v) is 3.22. The molecule has 0 saturated heterocycles. The molecule has 1 aromatic rings. The van der Waals surface area contributed by atoms with E-state index in [0.29, 0.717) is 17.0 Å². The van der Waals surface area contributed by atoms with Crippen LogP contribution in [0.2, 0.25) is 5.02 Å². The van der Waals surface area contributed by atoms with Crippen LogP contribution in [-0.2, 0) is 4.79 Å². The monoisotopic (exact) mass is 365 g/mol. The number of hydrogen-bond acceptors (Lipinski definition) is 3. The molecule has 0 aliphatic carbocycles. The Morgan fingerprint density at radius 1 is 1.25 bits per heavy atom. The maximum Gasteiger partial charge on any atom is 0.401 e. The van der Waals surface area contributed by atoms with Crippen LogP contribution in [0.15, 0.2) is 24.3 Å². The smallest absolute Gasteiger partial charge is 0.355 e. The number of nitrogens with zero attached hydrogens (tertiary/aromatic N) is 1. The third-order valence-electron chi connectivity index (χ3n) is 2.98. The first-order chi connectivity index (χ1) is 11.2. The zero-order valence-corrected chi connectivity index (χ0v) is 13.9. The minimum absolute atomic E-state index is 0.203. The SMILES string of the molecule is CN(CCCNC(=O)CNC(=O)c1cccc(Cl)c1)CC(F)(F)F. The van der Waals surface area contributed by atoms with Crippen LogP contribution in [0, 0.1) is 0 Å². The minimum Gasteiger partial charge on any atom is -0.355 e. The van der Waals surface area contributed by atoms with Crippen molar-refractivity contribution < 1.29 is 22.8 Å². The molecular weight excluding hydrogens is 347 g/mol. The van der Waals surface area contributed by atoms with Crippen molar-refractivity contribution >= 4 is 23.4 Å². The van der Waals surface area contributed by atoms with E-state index >= 15 is 0 Å². The molecule has 2 amide bonds. The van der Waals surface area contributed by atoms with E-state index in [1.165, 1.54) is 13.1 Å². The summed E-state index contributed by atoms with van der Waals surface area (Å²) in [6.07, 6.45) is -3.86. The summed E-state index contributed by atoms with van der Waals surface area (Å²) in [5, 5.41) is 5.38. The van der Waals surface area contributed by atoms with Crippen molar-refractivity contribution in [1.82, 2.24) is 15.5 Å². The van der Waals surface area contributed by atoms with Crippen LogP contribution in [0.1, 0.15) is 16.8 Å². The highest BCUT2D eigenvalue weighted by Gasteiger charge is 2.28. The van der Waals surface area contributed by atoms with Gasteiger partial charge in [-0.3, -0.25) is 14.5 Å². The lowest BCUT2D eigenvalue weighted by Gasteiger charge is -2.18. The lowest BCUT2D eigenvalue weighted by molar-refractivity contribution is -0.143. The molecule has 5 nitrogen and oxygen atoms in total. The highest BCUT2D eigenvalue weighted by molar-refractivity contribution is 6.30. The number of amides is 2. The summed E-state index contributed by atoms with van der Waals surface area (Å²) in [7, 11) is 1.36. The number of carbonyl (C=O) groups excluding carboxylic acids is 2. The Balaban J connectivity index is 2.19. The average molecular weight is 366 g/mol. The molecule has 0 aromatic heterocycles. The zero-order chi connectivity index (χ0) is 18.2. The van der Waals surface area contributed by atoms with Crippen LogP contribution >= 0.6 is 11.6 Å². The topological polar surface area (TPSA) is 61.4 Å². The first kappa shape index (κ1) is 20.2. The van der Waals surface area contributed by atoms with Crippen LogP contribution in [0.3, 0.4) is 0 Å². The van der Waals surface area contributed by atoms with E-state index in [0.717, 1.165) is 4.90 Å². The van der Waals surface area contributed by atoms with Gasteiger partial charge in [0.25, 0.3) is 5.91 Å². The zero-order valence-electron chi connectivity index (χ0n) is 13.1. The molecule has 1 aromatic carbocycles. The summed E-state index contributed by atoms with van der Waals surface area (Å²) < 4.78 is 36.4. The van der Waals surface area contributed by atoms with Gasteiger partial charge in [-0.1, -0.05) is 17.7 Å². The van der Waals surface area contributed by atoms with E-state index in [4.69, 9.17) is 11.6 Å². The molecule has 9 heteroatoms. The molecule has 0 bridgehead atoms. The standard InChI is InChI=1S/C15H19ClF3N3O2/c1-22(10-15(17,18)19)7-3-6-20-13(23)9-21-14(24)11-4-2-5-12(16)8-11/h2,4-5,8H,3,6-7,9-10H2,1H3,(H,20,23)(H,21,24). The third kappa shape index (κ3) is 8.73. The van der Waals surface area contributed by atoms with E-state index in [1.54, 1.807) is 18.2 Å². The first-order valence-corrected chi connectivity index (χ1v) is 7.61. The van der Waals surface area contributed by atoms with Crippen molar-refractivity contribution in [3.05, 3.63) is 34.9 Å². The molecule has 0 unspecified atom stereocenters. The quantitative estimate of drug-likeness (QED) is 0.693. The fourth-order valence-electron chi connectivity index (χ4n) is 1.92. The molecule has 2 N–H and O–H groups in total. The largest absolute Gasteiger partial charge is 0.401 e. The van der Waals surface area contributed by atoms with Crippen molar-refractivity contribution in [1.29, 1.82) is 0 Å². The Morgan fingerprint density at radius 3 is 2.58 bits per heavy atom. The van der Waals surface area contributed by atoms with Gasteiger partial charge < -0.3 is 10.6 Å². The number of carbonyl (C=O) groups is 2. The average Bonchev–Trinajstić information content (AvgIpc) is 2.47. The molecule has 0 saturated carbocycles. The first-order valence-electron chi connectivity index (χ1n) is 7.23. The number of hydrogen-bond donors (Lipinski definition) is 2. The Bertz CT molecular complexity index is 567. The van der Waals surface area contributed by atoms with Gasteiger partial charge in [-0.05, 0) is 38.2 Å². The summed E-state index contributed by atoms with van der Waals surface area (Å²) in [5.74, 6) is -0.846. The molecule has 0 aliphatic rings. The molecule has 24 heavy (non-hydrogen) atoms. The number of alkyl halides is 3. The molecular formula is C15H19ClF3N3O2. The van der Waals surface area contributed by atoms with Gasteiger partial charge >= 0.3 is 6.18 Å². The van der Waals surface area contributed by atoms with Crippen molar-refractivity contribution in [2.24, 2.45) is 0 Å². The fourth-order valence-corrected chi connectivity index (χ4v) is 2.11. The number of benzene rings is 1. The van der Waals surface area contributed by atoms with E-state index in [2.05, 4.69) is 10.6 Å². The highest BCUT2D eigenvalue weighted by atomic mass is 35.5. The van der Waals surface area contributed by atoms with Crippen molar-refractivity contribution in [3.63, 3.8) is 0 Å².